The van der Waals surface area contributed by atoms with Crippen molar-refractivity contribution in [2.24, 2.45) is 5.73 Å². The second-order valence-corrected chi connectivity index (χ2v) is 6.59. The number of ether oxygens (including phenoxy) is 1. The molecule has 3 aromatic rings. The molecule has 158 valence electrons. The molecule has 0 aliphatic carbocycles. The van der Waals surface area contributed by atoms with Gasteiger partial charge in [-0.3, -0.25) is 4.79 Å². The van der Waals surface area contributed by atoms with Crippen molar-refractivity contribution in [3.63, 3.8) is 0 Å². The average Bonchev–Trinajstić information content (AvgIpc) is 2.73. The number of rotatable bonds is 6. The predicted molar refractivity (Wildman–Crippen MR) is 105 cm³/mol. The first-order valence-electron chi connectivity index (χ1n) is 8.92. The molecule has 0 atom stereocenters. The number of methoxy groups -OCH3 is 1. The smallest absolute Gasteiger partial charge is 0.280 e. The first-order valence-corrected chi connectivity index (χ1v) is 8.92. The van der Waals surface area contributed by atoms with Gasteiger partial charge < -0.3 is 15.6 Å². The molecule has 31 heavy (non-hydrogen) atoms. The summed E-state index contributed by atoms with van der Waals surface area (Å²) < 4.78 is 45.2. The van der Waals surface area contributed by atoms with Gasteiger partial charge in [0.25, 0.3) is 12.3 Å². The zero-order valence-corrected chi connectivity index (χ0v) is 16.2. The first-order chi connectivity index (χ1) is 14.7. The Morgan fingerprint density at radius 3 is 2.48 bits per heavy atom. The summed E-state index contributed by atoms with van der Waals surface area (Å²) in [6, 6.07) is 11.1. The number of nitrogens with two attached hydrogens (primary N) is 1. The number of primary amides is 1. The topological polar surface area (TPSA) is 109 Å². The Hall–Kier alpha value is -4.06. The van der Waals surface area contributed by atoms with E-state index in [1.807, 2.05) is 0 Å². The van der Waals surface area contributed by atoms with E-state index in [2.05, 4.69) is 4.98 Å². The summed E-state index contributed by atoms with van der Waals surface area (Å²) in [5.74, 6) is -1.92. The largest absolute Gasteiger partial charge is 0.506 e. The average molecular weight is 427 g/mol. The number of carbonyl (C=O) groups excluding carboxylic acids is 1. The lowest BCUT2D eigenvalue weighted by Crippen LogP contribution is -2.14. The molecule has 6 nitrogen and oxygen atoms in total. The molecule has 0 radical (unpaired) electrons. The number of hydrogen-bond donors (Lipinski definition) is 2. The highest BCUT2D eigenvalue weighted by Gasteiger charge is 2.19. The lowest BCUT2D eigenvalue weighted by atomic mass is 9.98. The maximum absolute atomic E-state index is 13.9. The molecule has 0 aliphatic heterocycles. The van der Waals surface area contributed by atoms with E-state index >= 15 is 0 Å². The Kier molecular flexibility index (Phi) is 6.11. The van der Waals surface area contributed by atoms with Crippen molar-refractivity contribution in [2.75, 3.05) is 7.11 Å². The minimum absolute atomic E-state index is 0.0799. The minimum Gasteiger partial charge on any atom is -0.506 e. The van der Waals surface area contributed by atoms with Crippen LogP contribution in [-0.4, -0.2) is 23.1 Å². The number of hydrogen-bond acceptors (Lipinski definition) is 5. The first kappa shape index (κ1) is 21.6. The van der Waals surface area contributed by atoms with Crippen LogP contribution in [0.4, 0.5) is 13.2 Å². The van der Waals surface area contributed by atoms with Gasteiger partial charge in [-0.1, -0.05) is 24.3 Å². The van der Waals surface area contributed by atoms with Gasteiger partial charge in [-0.2, -0.15) is 5.26 Å². The van der Waals surface area contributed by atoms with Crippen molar-refractivity contribution in [1.82, 2.24) is 4.98 Å². The predicted octanol–water partition coefficient (Wildman–Crippen LogP) is 4.10. The summed E-state index contributed by atoms with van der Waals surface area (Å²) in [5, 5.41) is 19.2. The number of nitrogens with zero attached hydrogens (tertiary/aromatic N) is 2. The van der Waals surface area contributed by atoms with E-state index in [0.717, 1.165) is 12.1 Å². The molecule has 1 amide bonds. The summed E-state index contributed by atoms with van der Waals surface area (Å²) in [6.45, 7) is 0. The summed E-state index contributed by atoms with van der Waals surface area (Å²) in [5.41, 5.74) is 5.64. The highest BCUT2D eigenvalue weighted by molar-refractivity contribution is 5.96. The van der Waals surface area contributed by atoms with E-state index in [1.165, 1.54) is 25.3 Å². The maximum Gasteiger partial charge on any atom is 0.280 e. The summed E-state index contributed by atoms with van der Waals surface area (Å²) in [7, 11) is 1.34. The zero-order chi connectivity index (χ0) is 22.7. The van der Waals surface area contributed by atoms with Crippen LogP contribution in [0.15, 0.2) is 42.5 Å². The fraction of sp³-hybridized carbons (Fsp3) is 0.136. The van der Waals surface area contributed by atoms with Crippen LogP contribution in [0.1, 0.15) is 39.2 Å². The maximum atomic E-state index is 13.9. The fourth-order valence-electron chi connectivity index (χ4n) is 3.19. The van der Waals surface area contributed by atoms with E-state index < -0.39 is 29.6 Å². The van der Waals surface area contributed by atoms with Crippen LogP contribution in [0.2, 0.25) is 0 Å². The van der Waals surface area contributed by atoms with Crippen LogP contribution >= 0.6 is 0 Å². The number of amides is 1. The Morgan fingerprint density at radius 1 is 1.26 bits per heavy atom. The van der Waals surface area contributed by atoms with Crippen molar-refractivity contribution in [3.8, 4) is 28.8 Å². The van der Waals surface area contributed by atoms with Gasteiger partial charge in [0.15, 0.2) is 0 Å². The normalized spacial score (nSPS) is 10.7. The van der Waals surface area contributed by atoms with Crippen molar-refractivity contribution in [2.45, 2.75) is 12.8 Å². The van der Waals surface area contributed by atoms with E-state index in [9.17, 15) is 28.3 Å². The van der Waals surface area contributed by atoms with Crippen LogP contribution in [0.5, 0.6) is 11.5 Å². The quantitative estimate of drug-likeness (QED) is 0.616. The van der Waals surface area contributed by atoms with Crippen molar-refractivity contribution in [1.29, 1.82) is 5.26 Å². The van der Waals surface area contributed by atoms with E-state index in [-0.39, 0.29) is 29.0 Å². The standard InChI is InChI=1S/C22H16F3N3O3/c1-31-20-13(7-14(23)8-15(20)22(27)30)6-11-2-4-12(5-3-11)19-16(10-26)18(29)9-17(28-19)21(24)25/h2-5,7-9,21H,6H2,1H3,(H2,27,30)(H,28,29). The molecule has 9 heteroatoms. The molecule has 2 aromatic carbocycles. The number of benzene rings is 2. The third-order valence-corrected chi connectivity index (χ3v) is 4.58. The van der Waals surface area contributed by atoms with Crippen molar-refractivity contribution < 1.29 is 27.8 Å². The second kappa shape index (κ2) is 8.75. The lowest BCUT2D eigenvalue weighted by Gasteiger charge is -2.13. The number of carbonyl (C=O) groups is 1. The van der Waals surface area contributed by atoms with Crippen LogP contribution < -0.4 is 10.5 Å². The Labute approximate surface area is 175 Å². The highest BCUT2D eigenvalue weighted by atomic mass is 19.3. The molecule has 0 unspecified atom stereocenters. The third-order valence-electron chi connectivity index (χ3n) is 4.58. The highest BCUT2D eigenvalue weighted by Crippen LogP contribution is 2.33. The monoisotopic (exact) mass is 427 g/mol. The summed E-state index contributed by atoms with van der Waals surface area (Å²) in [4.78, 5) is 15.4. The summed E-state index contributed by atoms with van der Waals surface area (Å²) >= 11 is 0. The minimum atomic E-state index is -2.92. The molecule has 3 N–H and O–H groups in total. The van der Waals surface area contributed by atoms with Crippen molar-refractivity contribution in [3.05, 3.63) is 76.2 Å². The second-order valence-electron chi connectivity index (χ2n) is 6.59. The van der Waals surface area contributed by atoms with Gasteiger partial charge >= 0.3 is 0 Å². The molecule has 1 heterocycles. The Balaban J connectivity index is 2.00. The zero-order valence-electron chi connectivity index (χ0n) is 16.2. The van der Waals surface area contributed by atoms with E-state index in [1.54, 1.807) is 18.2 Å². The number of halogens is 3. The SMILES string of the molecule is COc1c(Cc2ccc(-c3nc(C(F)F)cc(O)c3C#N)cc2)cc(F)cc1C(N)=O. The summed E-state index contributed by atoms with van der Waals surface area (Å²) in [6.07, 6.45) is -2.74. The van der Waals surface area contributed by atoms with Crippen LogP contribution in [-0.2, 0) is 6.42 Å². The Morgan fingerprint density at radius 2 is 1.94 bits per heavy atom. The molecule has 0 bridgehead atoms. The van der Waals surface area contributed by atoms with E-state index in [4.69, 9.17) is 10.5 Å². The van der Waals surface area contributed by atoms with Crippen LogP contribution in [0.3, 0.4) is 0 Å². The lowest BCUT2D eigenvalue weighted by molar-refractivity contribution is 0.0996. The van der Waals surface area contributed by atoms with Crippen LogP contribution in [0, 0.1) is 17.1 Å². The van der Waals surface area contributed by atoms with Gasteiger partial charge in [0.05, 0.1) is 18.4 Å². The van der Waals surface area contributed by atoms with Crippen LogP contribution in [0.25, 0.3) is 11.3 Å². The molecule has 1 aromatic heterocycles. The van der Waals surface area contributed by atoms with Gasteiger partial charge in [0.1, 0.15) is 34.6 Å². The fourth-order valence-corrected chi connectivity index (χ4v) is 3.19. The van der Waals surface area contributed by atoms with Gasteiger partial charge in [-0.05, 0) is 17.7 Å². The molecular formula is C22H16F3N3O3. The van der Waals surface area contributed by atoms with E-state index in [0.29, 0.717) is 16.7 Å². The molecule has 0 saturated heterocycles. The Bertz CT molecular complexity index is 1190. The van der Waals surface area contributed by atoms with Gasteiger partial charge in [-0.25, -0.2) is 18.2 Å². The number of pyridine rings is 1. The third kappa shape index (κ3) is 4.43. The molecule has 0 saturated carbocycles. The molecule has 0 spiro atoms. The number of aromatic nitrogens is 1. The number of aromatic hydroxyl groups is 1. The van der Waals surface area contributed by atoms with Gasteiger partial charge in [0, 0.05) is 23.6 Å². The molecular weight excluding hydrogens is 411 g/mol. The van der Waals surface area contributed by atoms with Crippen molar-refractivity contribution >= 4 is 5.91 Å². The molecule has 3 rings (SSSR count). The number of nitriles is 1. The molecule has 0 aliphatic rings. The van der Waals surface area contributed by atoms with Gasteiger partial charge in [-0.15, -0.1) is 0 Å². The molecule has 0 fully saturated rings. The van der Waals surface area contributed by atoms with Gasteiger partial charge in [0.2, 0.25) is 0 Å². The number of alkyl halides is 2.